The first kappa shape index (κ1) is 27.6. The van der Waals surface area contributed by atoms with Gasteiger partial charge in [0.25, 0.3) is 5.91 Å². The van der Waals surface area contributed by atoms with Gasteiger partial charge in [0, 0.05) is 32.4 Å². The molecule has 0 spiro atoms. The second kappa shape index (κ2) is 11.5. The summed E-state index contributed by atoms with van der Waals surface area (Å²) < 4.78 is 29.9. The SMILES string of the molecule is CN(C(=O)Cc1ccc2c(c1)NC(=O)C2)[C@H](CN1CC[C@H](O)C1)c1cccc(OCC(=O)NS(C)(=O)=O)c1. The quantitative estimate of drug-likeness (QED) is 0.391. The average Bonchev–Trinajstić information content (AvgIpc) is 3.43. The summed E-state index contributed by atoms with van der Waals surface area (Å²) in [6, 6.07) is 12.1. The van der Waals surface area contributed by atoms with Gasteiger partial charge in [-0.1, -0.05) is 24.3 Å². The van der Waals surface area contributed by atoms with Crippen molar-refractivity contribution in [1.82, 2.24) is 14.5 Å². The lowest BCUT2D eigenvalue weighted by atomic mass is 10.0. The summed E-state index contributed by atoms with van der Waals surface area (Å²) in [5.74, 6) is -0.631. The molecule has 2 aromatic carbocycles. The van der Waals surface area contributed by atoms with Gasteiger partial charge >= 0.3 is 0 Å². The number of sulfonamides is 1. The Morgan fingerprint density at radius 1 is 1.26 bits per heavy atom. The predicted octanol–water partition coefficient (Wildman–Crippen LogP) is 0.445. The molecule has 3 N–H and O–H groups in total. The maximum absolute atomic E-state index is 13.4. The van der Waals surface area contributed by atoms with E-state index >= 15 is 0 Å². The van der Waals surface area contributed by atoms with E-state index in [1.165, 1.54) is 0 Å². The van der Waals surface area contributed by atoms with Gasteiger partial charge in [0.2, 0.25) is 21.8 Å². The summed E-state index contributed by atoms with van der Waals surface area (Å²) in [5, 5.41) is 12.8. The monoisotopic (exact) mass is 544 g/mol. The Hall–Kier alpha value is -3.48. The zero-order chi connectivity index (χ0) is 27.4. The number of hydrogen-bond acceptors (Lipinski definition) is 8. The van der Waals surface area contributed by atoms with Crippen LogP contribution in [0.25, 0.3) is 0 Å². The van der Waals surface area contributed by atoms with Crippen LogP contribution < -0.4 is 14.8 Å². The van der Waals surface area contributed by atoms with Crippen molar-refractivity contribution >= 4 is 33.4 Å². The molecule has 2 aromatic rings. The average molecular weight is 545 g/mol. The smallest absolute Gasteiger partial charge is 0.271 e. The van der Waals surface area contributed by atoms with Crippen molar-refractivity contribution in [2.24, 2.45) is 0 Å². The number of anilines is 1. The third-order valence-corrected chi connectivity index (χ3v) is 7.20. The van der Waals surface area contributed by atoms with Crippen LogP contribution in [0.15, 0.2) is 42.5 Å². The number of carbonyl (C=O) groups is 3. The van der Waals surface area contributed by atoms with E-state index in [-0.39, 0.29) is 24.3 Å². The maximum atomic E-state index is 13.4. The molecule has 4 rings (SSSR count). The molecular weight excluding hydrogens is 512 g/mol. The molecule has 2 aliphatic heterocycles. The van der Waals surface area contributed by atoms with Gasteiger partial charge in [-0.25, -0.2) is 8.42 Å². The second-order valence-electron chi connectivity index (χ2n) is 9.77. The number of likely N-dealkylation sites (N-methyl/N-ethyl adjacent to an activating group) is 1. The van der Waals surface area contributed by atoms with E-state index in [4.69, 9.17) is 4.74 Å². The van der Waals surface area contributed by atoms with E-state index in [1.807, 2.05) is 29.0 Å². The molecule has 11 nitrogen and oxygen atoms in total. The number of carbonyl (C=O) groups excluding carboxylic acids is 3. The first-order valence-electron chi connectivity index (χ1n) is 12.3. The highest BCUT2D eigenvalue weighted by molar-refractivity contribution is 7.89. The molecule has 0 aromatic heterocycles. The van der Waals surface area contributed by atoms with Crippen LogP contribution >= 0.6 is 0 Å². The van der Waals surface area contributed by atoms with Crippen molar-refractivity contribution < 1.29 is 32.6 Å². The number of benzene rings is 2. The number of nitrogens with zero attached hydrogens (tertiary/aromatic N) is 2. The Morgan fingerprint density at radius 3 is 2.76 bits per heavy atom. The van der Waals surface area contributed by atoms with Crippen molar-refractivity contribution in [3.63, 3.8) is 0 Å². The Labute approximate surface area is 221 Å². The Morgan fingerprint density at radius 2 is 2.05 bits per heavy atom. The van der Waals surface area contributed by atoms with Gasteiger partial charge in [-0.15, -0.1) is 0 Å². The molecule has 2 aliphatic rings. The summed E-state index contributed by atoms with van der Waals surface area (Å²) in [6.07, 6.45) is 1.60. The van der Waals surface area contributed by atoms with Crippen LogP contribution in [-0.4, -0.2) is 86.7 Å². The van der Waals surface area contributed by atoms with Crippen molar-refractivity contribution in [1.29, 1.82) is 0 Å². The van der Waals surface area contributed by atoms with Crippen molar-refractivity contribution in [2.75, 3.05) is 44.9 Å². The summed E-state index contributed by atoms with van der Waals surface area (Å²) >= 11 is 0. The van der Waals surface area contributed by atoms with E-state index in [0.29, 0.717) is 38.2 Å². The zero-order valence-corrected chi connectivity index (χ0v) is 22.2. The van der Waals surface area contributed by atoms with Crippen molar-refractivity contribution in [3.8, 4) is 5.75 Å². The van der Waals surface area contributed by atoms with Gasteiger partial charge in [0.15, 0.2) is 6.61 Å². The second-order valence-corrected chi connectivity index (χ2v) is 11.5. The topological polar surface area (TPSA) is 145 Å². The molecule has 3 amide bonds. The Bertz CT molecular complexity index is 1330. The number of aliphatic hydroxyl groups is 1. The lowest BCUT2D eigenvalue weighted by Gasteiger charge is -2.32. The third kappa shape index (κ3) is 7.30. The molecule has 0 saturated carbocycles. The van der Waals surface area contributed by atoms with Crippen LogP contribution in [0.2, 0.25) is 0 Å². The number of nitrogens with one attached hydrogen (secondary N) is 2. The van der Waals surface area contributed by atoms with Gasteiger partial charge in [-0.05, 0) is 41.3 Å². The third-order valence-electron chi connectivity index (χ3n) is 6.61. The number of amides is 3. The molecule has 0 bridgehead atoms. The normalized spacial score (nSPS) is 18.0. The van der Waals surface area contributed by atoms with Crippen LogP contribution in [0.4, 0.5) is 5.69 Å². The summed E-state index contributed by atoms with van der Waals surface area (Å²) in [7, 11) is -1.97. The van der Waals surface area contributed by atoms with E-state index < -0.39 is 28.6 Å². The number of rotatable bonds is 10. The summed E-state index contributed by atoms with van der Waals surface area (Å²) in [4.78, 5) is 40.7. The Balaban J connectivity index is 1.50. The molecule has 2 atom stereocenters. The van der Waals surface area contributed by atoms with Gasteiger partial charge in [0.05, 0.1) is 31.2 Å². The minimum atomic E-state index is -3.69. The predicted molar refractivity (Wildman–Crippen MR) is 140 cm³/mol. The largest absolute Gasteiger partial charge is 0.484 e. The minimum Gasteiger partial charge on any atom is -0.484 e. The minimum absolute atomic E-state index is 0.0654. The Kier molecular flexibility index (Phi) is 8.34. The fourth-order valence-corrected chi connectivity index (χ4v) is 5.19. The molecule has 0 radical (unpaired) electrons. The number of β-amino-alcohol motifs (C(OH)–C–C–N with tert-alkyl or cyclic N) is 1. The van der Waals surface area contributed by atoms with Crippen LogP contribution in [0.3, 0.4) is 0 Å². The fraction of sp³-hybridized carbons (Fsp3) is 0.423. The molecular formula is C26H32N4O7S. The molecule has 0 unspecified atom stereocenters. The number of fused-ring (bicyclic) bond motifs is 1. The van der Waals surface area contributed by atoms with Gasteiger partial charge in [0.1, 0.15) is 5.75 Å². The lowest BCUT2D eigenvalue weighted by Crippen LogP contribution is -2.39. The van der Waals surface area contributed by atoms with Crippen LogP contribution in [0.1, 0.15) is 29.2 Å². The van der Waals surface area contributed by atoms with Crippen LogP contribution in [0, 0.1) is 0 Å². The maximum Gasteiger partial charge on any atom is 0.271 e. The van der Waals surface area contributed by atoms with Gasteiger partial charge < -0.3 is 20.1 Å². The summed E-state index contributed by atoms with van der Waals surface area (Å²) in [5.41, 5.74) is 3.19. The number of aliphatic hydroxyl groups excluding tert-OH is 1. The molecule has 12 heteroatoms. The molecule has 1 fully saturated rings. The highest BCUT2D eigenvalue weighted by Crippen LogP contribution is 2.28. The zero-order valence-electron chi connectivity index (χ0n) is 21.3. The summed E-state index contributed by atoms with van der Waals surface area (Å²) in [6.45, 7) is 1.21. The van der Waals surface area contributed by atoms with Gasteiger partial charge in [-0.3, -0.25) is 24.0 Å². The number of ether oxygens (including phenoxy) is 1. The standard InChI is InChI=1S/C26H32N4O7S/c1-29(26(34)11-17-6-7-18-13-24(32)27-22(18)10-17)23(15-30-9-8-20(31)14-30)19-4-3-5-21(12-19)37-16-25(33)28-38(2,35)36/h3-7,10,12,20,23,31H,8-9,11,13-16H2,1-2H3,(H,27,32)(H,28,33)/t20-,23+/m0/s1. The molecule has 1 saturated heterocycles. The van der Waals surface area contributed by atoms with E-state index in [1.54, 1.807) is 30.1 Å². The van der Waals surface area contributed by atoms with Crippen LogP contribution in [0.5, 0.6) is 5.75 Å². The van der Waals surface area contributed by atoms with E-state index in [2.05, 4.69) is 10.2 Å². The first-order chi connectivity index (χ1) is 18.0. The lowest BCUT2D eigenvalue weighted by molar-refractivity contribution is -0.131. The van der Waals surface area contributed by atoms with Gasteiger partial charge in [-0.2, -0.15) is 0 Å². The molecule has 2 heterocycles. The van der Waals surface area contributed by atoms with Crippen LogP contribution in [-0.2, 0) is 37.2 Å². The molecule has 38 heavy (non-hydrogen) atoms. The number of hydrogen-bond donors (Lipinski definition) is 3. The highest BCUT2D eigenvalue weighted by Gasteiger charge is 2.29. The van der Waals surface area contributed by atoms with Crippen molar-refractivity contribution in [2.45, 2.75) is 31.4 Å². The van der Waals surface area contributed by atoms with E-state index in [0.717, 1.165) is 28.6 Å². The number of likely N-dealkylation sites (tertiary alicyclic amines) is 1. The first-order valence-corrected chi connectivity index (χ1v) is 14.2. The van der Waals surface area contributed by atoms with E-state index in [9.17, 15) is 27.9 Å². The fourth-order valence-electron chi connectivity index (χ4n) is 4.72. The highest BCUT2D eigenvalue weighted by atomic mass is 32.2. The molecule has 204 valence electrons. The molecule has 0 aliphatic carbocycles. The van der Waals surface area contributed by atoms with Crippen molar-refractivity contribution in [3.05, 3.63) is 59.2 Å².